The van der Waals surface area contributed by atoms with Crippen molar-refractivity contribution in [1.82, 2.24) is 4.98 Å². The van der Waals surface area contributed by atoms with Crippen molar-refractivity contribution in [3.63, 3.8) is 0 Å². The number of fused-ring (bicyclic) bond motifs is 1. The number of para-hydroxylation sites is 1. The predicted molar refractivity (Wildman–Crippen MR) is 102 cm³/mol. The van der Waals surface area contributed by atoms with Crippen LogP contribution in [0.2, 0.25) is 0 Å². The Morgan fingerprint density at radius 2 is 1.69 bits per heavy atom. The first kappa shape index (κ1) is 16.3. The number of carbonyl (C=O) groups is 2. The number of Topliss-reactive ketones (excluding diaryl/α,β-unsaturated/α-hetero) is 2. The van der Waals surface area contributed by atoms with Crippen LogP contribution in [0.5, 0.6) is 5.75 Å². The van der Waals surface area contributed by atoms with Crippen molar-refractivity contribution >= 4 is 33.6 Å². The zero-order chi connectivity index (χ0) is 18.4. The number of aryl methyl sites for hydroxylation is 2. The third-order valence-corrected chi connectivity index (χ3v) is 4.90. The van der Waals surface area contributed by atoms with Crippen molar-refractivity contribution < 1.29 is 14.3 Å². The molecule has 0 fully saturated rings. The van der Waals surface area contributed by atoms with E-state index in [1.54, 1.807) is 7.11 Å². The maximum Gasteiger partial charge on any atom is 0.172 e. The van der Waals surface area contributed by atoms with Crippen LogP contribution in [0.4, 0.5) is 0 Å². The number of aromatic amines is 1. The molecular formula is C22H19NO3. The number of hydrogen-bond donors (Lipinski definition) is 1. The number of allylic oxidation sites excluding steroid dienone is 2. The molecule has 4 heteroatoms. The molecule has 1 aliphatic carbocycles. The topological polar surface area (TPSA) is 59.2 Å². The van der Waals surface area contributed by atoms with Crippen molar-refractivity contribution in [1.29, 1.82) is 0 Å². The molecule has 0 amide bonds. The summed E-state index contributed by atoms with van der Waals surface area (Å²) in [6.45, 7) is 3.89. The summed E-state index contributed by atoms with van der Waals surface area (Å²) >= 11 is 0. The van der Waals surface area contributed by atoms with Crippen molar-refractivity contribution in [2.75, 3.05) is 7.11 Å². The average molecular weight is 345 g/mol. The monoisotopic (exact) mass is 345 g/mol. The van der Waals surface area contributed by atoms with Crippen molar-refractivity contribution in [2.24, 2.45) is 0 Å². The summed E-state index contributed by atoms with van der Waals surface area (Å²) < 4.78 is 5.47. The molecule has 0 aliphatic heterocycles. The Labute approximate surface area is 151 Å². The second kappa shape index (κ2) is 5.99. The van der Waals surface area contributed by atoms with Crippen molar-refractivity contribution in [3.05, 3.63) is 64.8 Å². The number of ether oxygens (including phenoxy) is 1. The largest absolute Gasteiger partial charge is 0.496 e. The molecule has 2 aromatic carbocycles. The number of rotatable bonds is 3. The molecule has 1 aliphatic rings. The molecule has 1 N–H and O–H groups in total. The summed E-state index contributed by atoms with van der Waals surface area (Å²) in [5.41, 5.74) is 5.30. The Morgan fingerprint density at radius 3 is 2.46 bits per heavy atom. The van der Waals surface area contributed by atoms with Gasteiger partial charge in [0, 0.05) is 38.9 Å². The van der Waals surface area contributed by atoms with Crippen LogP contribution in [0.25, 0.3) is 22.0 Å². The lowest BCUT2D eigenvalue weighted by atomic mass is 9.93. The quantitative estimate of drug-likeness (QED) is 0.722. The van der Waals surface area contributed by atoms with Gasteiger partial charge in [-0.1, -0.05) is 29.8 Å². The van der Waals surface area contributed by atoms with E-state index in [4.69, 9.17) is 4.74 Å². The molecule has 0 unspecified atom stereocenters. The molecule has 3 aromatic rings. The summed E-state index contributed by atoms with van der Waals surface area (Å²) in [6, 6.07) is 13.5. The van der Waals surface area contributed by atoms with Gasteiger partial charge in [0.25, 0.3) is 0 Å². The van der Waals surface area contributed by atoms with Gasteiger partial charge in [-0.3, -0.25) is 9.59 Å². The molecule has 4 rings (SSSR count). The van der Waals surface area contributed by atoms with Gasteiger partial charge in [-0.25, -0.2) is 0 Å². The first-order valence-electron chi connectivity index (χ1n) is 8.54. The Balaban J connectivity index is 2.09. The van der Waals surface area contributed by atoms with Crippen molar-refractivity contribution in [2.45, 2.75) is 20.3 Å². The highest BCUT2D eigenvalue weighted by Crippen LogP contribution is 2.42. The number of ketones is 2. The van der Waals surface area contributed by atoms with Crippen LogP contribution in [0.3, 0.4) is 0 Å². The molecule has 130 valence electrons. The van der Waals surface area contributed by atoms with Crippen molar-refractivity contribution in [3.8, 4) is 5.75 Å². The molecule has 0 saturated heterocycles. The number of hydrogen-bond acceptors (Lipinski definition) is 3. The minimum absolute atomic E-state index is 0.0965. The van der Waals surface area contributed by atoms with E-state index in [0.717, 1.165) is 27.7 Å². The van der Waals surface area contributed by atoms with E-state index in [1.165, 1.54) is 0 Å². The Bertz CT molecular complexity index is 1100. The van der Waals surface area contributed by atoms with E-state index < -0.39 is 0 Å². The van der Waals surface area contributed by atoms with Gasteiger partial charge in [0.05, 0.1) is 13.5 Å². The van der Waals surface area contributed by atoms with E-state index in [1.807, 2.05) is 56.3 Å². The second-order valence-corrected chi connectivity index (χ2v) is 6.65. The standard InChI is InChI=1S/C22H19NO3/c1-12-8-9-19(26-3)15(10-12)21-17(24)11-18(25)22(21)20-13(2)23-16-7-5-4-6-14(16)20/h4-10,23H,11H2,1-3H3. The summed E-state index contributed by atoms with van der Waals surface area (Å²) in [5.74, 6) is 0.309. The number of aromatic nitrogens is 1. The van der Waals surface area contributed by atoms with Gasteiger partial charge in [0.15, 0.2) is 11.6 Å². The fourth-order valence-corrected chi connectivity index (χ4v) is 3.77. The zero-order valence-corrected chi connectivity index (χ0v) is 15.0. The predicted octanol–water partition coefficient (Wildman–Crippen LogP) is 4.25. The minimum atomic E-state index is -0.154. The van der Waals surface area contributed by atoms with E-state index >= 15 is 0 Å². The van der Waals surface area contributed by atoms with E-state index in [2.05, 4.69) is 4.98 Å². The molecule has 0 bridgehead atoms. The Kier molecular flexibility index (Phi) is 3.76. The maximum atomic E-state index is 12.8. The molecule has 1 heterocycles. The van der Waals surface area contributed by atoms with E-state index in [0.29, 0.717) is 22.5 Å². The third-order valence-electron chi connectivity index (χ3n) is 4.90. The molecular weight excluding hydrogens is 326 g/mol. The average Bonchev–Trinajstić information content (AvgIpc) is 3.09. The van der Waals surface area contributed by atoms with E-state index in [-0.39, 0.29) is 18.0 Å². The zero-order valence-electron chi connectivity index (χ0n) is 15.0. The number of benzene rings is 2. The maximum absolute atomic E-state index is 12.8. The Morgan fingerprint density at radius 1 is 0.962 bits per heavy atom. The Hall–Kier alpha value is -3.14. The lowest BCUT2D eigenvalue weighted by Crippen LogP contribution is -2.00. The van der Waals surface area contributed by atoms with Crippen LogP contribution in [0, 0.1) is 13.8 Å². The van der Waals surface area contributed by atoms with Gasteiger partial charge in [0.2, 0.25) is 0 Å². The summed E-state index contributed by atoms with van der Waals surface area (Å²) in [6.07, 6.45) is -0.0965. The van der Waals surface area contributed by atoms with Gasteiger partial charge < -0.3 is 9.72 Å². The van der Waals surface area contributed by atoms with Crippen LogP contribution in [0.15, 0.2) is 42.5 Å². The van der Waals surface area contributed by atoms with Crippen LogP contribution in [-0.2, 0) is 9.59 Å². The number of H-pyrrole nitrogens is 1. The van der Waals surface area contributed by atoms with Crippen LogP contribution < -0.4 is 4.74 Å². The molecule has 0 spiro atoms. The SMILES string of the molecule is COc1ccc(C)cc1C1=C(c2c(C)[nH]c3ccccc23)C(=O)CC1=O. The highest BCUT2D eigenvalue weighted by atomic mass is 16.5. The molecule has 4 nitrogen and oxygen atoms in total. The fourth-order valence-electron chi connectivity index (χ4n) is 3.77. The molecule has 26 heavy (non-hydrogen) atoms. The minimum Gasteiger partial charge on any atom is -0.496 e. The highest BCUT2D eigenvalue weighted by molar-refractivity contribution is 6.52. The van der Waals surface area contributed by atoms with Crippen LogP contribution >= 0.6 is 0 Å². The summed E-state index contributed by atoms with van der Waals surface area (Å²) in [4.78, 5) is 28.9. The second-order valence-electron chi connectivity index (χ2n) is 6.65. The number of nitrogens with one attached hydrogen (secondary N) is 1. The van der Waals surface area contributed by atoms with Gasteiger partial charge in [-0.05, 0) is 32.0 Å². The van der Waals surface area contributed by atoms with Gasteiger partial charge >= 0.3 is 0 Å². The molecule has 0 atom stereocenters. The lowest BCUT2D eigenvalue weighted by Gasteiger charge is -2.12. The van der Waals surface area contributed by atoms with E-state index in [9.17, 15) is 9.59 Å². The van der Waals surface area contributed by atoms with Gasteiger partial charge in [0.1, 0.15) is 5.75 Å². The summed E-state index contributed by atoms with van der Waals surface area (Å²) in [7, 11) is 1.58. The molecule has 1 aromatic heterocycles. The van der Waals surface area contributed by atoms with Crippen LogP contribution in [0.1, 0.15) is 28.8 Å². The lowest BCUT2D eigenvalue weighted by molar-refractivity contribution is -0.119. The number of methoxy groups -OCH3 is 1. The first-order valence-corrected chi connectivity index (χ1v) is 8.54. The third kappa shape index (κ3) is 2.37. The smallest absolute Gasteiger partial charge is 0.172 e. The molecule has 0 radical (unpaired) electrons. The fraction of sp³-hybridized carbons (Fsp3) is 0.182. The normalized spacial score (nSPS) is 14.6. The van der Waals surface area contributed by atoms with Crippen LogP contribution in [-0.4, -0.2) is 23.7 Å². The molecule has 0 saturated carbocycles. The first-order chi connectivity index (χ1) is 12.5. The highest BCUT2D eigenvalue weighted by Gasteiger charge is 2.35. The van der Waals surface area contributed by atoms with Gasteiger partial charge in [-0.15, -0.1) is 0 Å². The number of carbonyl (C=O) groups excluding carboxylic acids is 2. The van der Waals surface area contributed by atoms with Gasteiger partial charge in [-0.2, -0.15) is 0 Å². The summed E-state index contributed by atoms with van der Waals surface area (Å²) in [5, 5.41) is 0.951.